The number of carbonyl (C=O) groups is 2. The van der Waals surface area contributed by atoms with Crippen LogP contribution in [0.1, 0.15) is 78.7 Å². The van der Waals surface area contributed by atoms with Crippen molar-refractivity contribution in [1.29, 1.82) is 0 Å². The zero-order valence-electron chi connectivity index (χ0n) is 27.5. The minimum atomic E-state index is -4.08. The molecule has 1 unspecified atom stereocenters. The molecule has 0 amide bonds. The first-order chi connectivity index (χ1) is 21.7. The molecule has 0 aromatic heterocycles. The smallest absolute Gasteiger partial charge is 0.392 e. The SMILES string of the molecule is CC(C)C(OC(=O)C12CC3CC(CC(C3)C1)C2)C(F)(F)C(=O)OS(c1ccccc1)(c1ccccc1)c1ccc(C(C)(C)C)cc1. The molecule has 0 saturated heterocycles. The van der Waals surface area contributed by atoms with Crippen molar-refractivity contribution in [2.45, 2.75) is 105 Å². The summed E-state index contributed by atoms with van der Waals surface area (Å²) in [6, 6.07) is 25.9. The number of halogens is 2. The van der Waals surface area contributed by atoms with E-state index in [9.17, 15) is 9.59 Å². The van der Waals surface area contributed by atoms with Crippen molar-refractivity contribution < 1.29 is 27.3 Å². The summed E-state index contributed by atoms with van der Waals surface area (Å²) >= 11 is 0. The molecule has 1 atom stereocenters. The van der Waals surface area contributed by atoms with E-state index >= 15 is 8.78 Å². The molecule has 0 spiro atoms. The van der Waals surface area contributed by atoms with E-state index in [1.807, 2.05) is 84.9 Å². The van der Waals surface area contributed by atoms with Crippen molar-refractivity contribution >= 4 is 22.2 Å². The van der Waals surface area contributed by atoms with Gasteiger partial charge in [0.2, 0.25) is 0 Å². The minimum absolute atomic E-state index is 0.134. The van der Waals surface area contributed by atoms with Gasteiger partial charge in [-0.15, -0.1) is 0 Å². The normalized spacial score (nSPS) is 25.3. The second kappa shape index (κ2) is 12.1. The standard InChI is InChI=1S/C39H46F2O4S/c1-26(2)34(44-35(42)38-23-27-20-28(24-38)22-29(21-27)25-38)39(40,41)36(43)45-46(31-12-8-6-9-13-31,32-14-10-7-11-15-32)33-18-16-30(17-19-33)37(3,4)5/h6-19,26-29,34H,20-25H2,1-5H3. The fraction of sp³-hybridized carbons (Fsp3) is 0.487. The van der Waals surface area contributed by atoms with E-state index < -0.39 is 45.6 Å². The van der Waals surface area contributed by atoms with E-state index in [4.69, 9.17) is 8.92 Å². The molecule has 4 nitrogen and oxygen atoms in total. The Labute approximate surface area is 273 Å². The Morgan fingerprint density at radius 3 is 1.59 bits per heavy atom. The Kier molecular flexibility index (Phi) is 8.62. The van der Waals surface area contributed by atoms with Gasteiger partial charge in [-0.25, -0.2) is 4.79 Å². The highest BCUT2D eigenvalue weighted by Gasteiger charge is 2.60. The van der Waals surface area contributed by atoms with E-state index in [1.54, 1.807) is 13.8 Å². The first-order valence-corrected chi connectivity index (χ1v) is 18.2. The lowest BCUT2D eigenvalue weighted by molar-refractivity contribution is -0.209. The number of alkyl halides is 2. The van der Waals surface area contributed by atoms with Gasteiger partial charge >= 0.3 is 17.9 Å². The number of esters is 1. The van der Waals surface area contributed by atoms with Crippen molar-refractivity contribution in [1.82, 2.24) is 0 Å². The topological polar surface area (TPSA) is 52.6 Å². The Bertz CT molecular complexity index is 1470. The molecule has 246 valence electrons. The van der Waals surface area contributed by atoms with Crippen molar-refractivity contribution in [3.05, 3.63) is 90.5 Å². The van der Waals surface area contributed by atoms with Crippen LogP contribution in [0.5, 0.6) is 0 Å². The number of benzene rings is 3. The molecule has 4 aliphatic rings. The van der Waals surface area contributed by atoms with Crippen molar-refractivity contribution in [2.24, 2.45) is 29.1 Å². The van der Waals surface area contributed by atoms with Crippen LogP contribution in [0.3, 0.4) is 0 Å². The summed E-state index contributed by atoms with van der Waals surface area (Å²) < 4.78 is 45.3. The Morgan fingerprint density at radius 1 is 0.739 bits per heavy atom. The maximum absolute atomic E-state index is 16.6. The van der Waals surface area contributed by atoms with Gasteiger partial charge in [-0.3, -0.25) is 4.79 Å². The van der Waals surface area contributed by atoms with E-state index in [0.717, 1.165) is 24.8 Å². The Balaban J connectivity index is 1.38. The molecular formula is C39H46F2O4S. The molecule has 46 heavy (non-hydrogen) atoms. The molecule has 4 bridgehead atoms. The van der Waals surface area contributed by atoms with Gasteiger partial charge in [0.25, 0.3) is 0 Å². The summed E-state index contributed by atoms with van der Waals surface area (Å²) in [6.45, 7) is 9.45. The zero-order chi connectivity index (χ0) is 32.9. The molecule has 3 aromatic carbocycles. The summed E-state index contributed by atoms with van der Waals surface area (Å²) in [4.78, 5) is 29.7. The van der Waals surface area contributed by atoms with E-state index in [0.29, 0.717) is 51.7 Å². The van der Waals surface area contributed by atoms with E-state index in [-0.39, 0.29) is 5.41 Å². The quantitative estimate of drug-likeness (QED) is 0.217. The first-order valence-electron chi connectivity index (χ1n) is 16.6. The lowest BCUT2D eigenvalue weighted by atomic mass is 9.49. The summed E-state index contributed by atoms with van der Waals surface area (Å²) in [6.07, 6.45) is 3.47. The van der Waals surface area contributed by atoms with Crippen LogP contribution in [-0.2, 0) is 23.9 Å². The Morgan fingerprint density at radius 2 is 1.17 bits per heavy atom. The molecule has 4 fully saturated rings. The highest BCUT2D eigenvalue weighted by atomic mass is 32.3. The number of carbonyl (C=O) groups excluding carboxylic acids is 2. The molecule has 0 aliphatic heterocycles. The van der Waals surface area contributed by atoms with Gasteiger partial charge in [-0.05, 0) is 120 Å². The first kappa shape index (κ1) is 32.7. The average Bonchev–Trinajstić information content (AvgIpc) is 3.02. The highest BCUT2D eigenvalue weighted by molar-refractivity contribution is 8.30. The number of hydrogen-bond acceptors (Lipinski definition) is 4. The monoisotopic (exact) mass is 648 g/mol. The van der Waals surface area contributed by atoms with Crippen molar-refractivity contribution in [3.63, 3.8) is 0 Å². The molecular weight excluding hydrogens is 602 g/mol. The van der Waals surface area contributed by atoms with Crippen LogP contribution in [0, 0.1) is 29.1 Å². The van der Waals surface area contributed by atoms with Gasteiger partial charge in [0.1, 0.15) is 0 Å². The van der Waals surface area contributed by atoms with Gasteiger partial charge in [0.15, 0.2) is 6.10 Å². The number of ether oxygens (including phenoxy) is 1. The molecule has 0 N–H and O–H groups in total. The Hall–Kier alpha value is -3.19. The van der Waals surface area contributed by atoms with E-state index in [1.165, 1.54) is 0 Å². The maximum Gasteiger partial charge on any atom is 0.392 e. The minimum Gasteiger partial charge on any atom is -0.455 e. The molecule has 7 heteroatoms. The molecule has 4 saturated carbocycles. The van der Waals surface area contributed by atoms with Crippen molar-refractivity contribution in [2.75, 3.05) is 0 Å². The van der Waals surface area contributed by atoms with Crippen LogP contribution in [0.4, 0.5) is 8.78 Å². The van der Waals surface area contributed by atoms with Crippen LogP contribution in [-0.4, -0.2) is 24.0 Å². The average molecular weight is 649 g/mol. The highest BCUT2D eigenvalue weighted by Crippen LogP contribution is 2.70. The van der Waals surface area contributed by atoms with Crippen LogP contribution >= 0.6 is 10.3 Å². The number of rotatable bonds is 9. The molecule has 3 aromatic rings. The summed E-state index contributed by atoms with van der Waals surface area (Å²) in [5.41, 5.74) is 0.212. The van der Waals surface area contributed by atoms with Gasteiger partial charge in [-0.2, -0.15) is 8.78 Å². The largest absolute Gasteiger partial charge is 0.455 e. The lowest BCUT2D eigenvalue weighted by Gasteiger charge is -2.55. The summed E-state index contributed by atoms with van der Waals surface area (Å²) in [5.74, 6) is -5.80. The fourth-order valence-electron chi connectivity index (χ4n) is 8.44. The van der Waals surface area contributed by atoms with Crippen molar-refractivity contribution in [3.8, 4) is 0 Å². The number of hydrogen-bond donors (Lipinski definition) is 0. The molecule has 4 aliphatic carbocycles. The van der Waals surface area contributed by atoms with Gasteiger partial charge < -0.3 is 8.92 Å². The summed E-state index contributed by atoms with van der Waals surface area (Å²) in [5, 5.41) is 0. The third-order valence-corrected chi connectivity index (χ3v) is 13.6. The van der Waals surface area contributed by atoms with Crippen LogP contribution < -0.4 is 0 Å². The zero-order valence-corrected chi connectivity index (χ0v) is 28.3. The van der Waals surface area contributed by atoms with Crippen LogP contribution in [0.25, 0.3) is 0 Å². The molecule has 7 rings (SSSR count). The third-order valence-electron chi connectivity index (χ3n) is 10.3. The van der Waals surface area contributed by atoms with Gasteiger partial charge in [0, 0.05) is 14.7 Å². The second-order valence-electron chi connectivity index (χ2n) is 15.2. The van der Waals surface area contributed by atoms with Gasteiger partial charge in [0.05, 0.1) is 5.41 Å². The van der Waals surface area contributed by atoms with E-state index in [2.05, 4.69) is 20.8 Å². The van der Waals surface area contributed by atoms with Gasteiger partial charge in [-0.1, -0.05) is 83.1 Å². The second-order valence-corrected chi connectivity index (χ2v) is 17.9. The molecule has 0 heterocycles. The third kappa shape index (κ3) is 5.89. The predicted molar refractivity (Wildman–Crippen MR) is 177 cm³/mol. The fourth-order valence-corrected chi connectivity index (χ4v) is 11.5. The summed E-state index contributed by atoms with van der Waals surface area (Å²) in [7, 11) is -2.97. The van der Waals surface area contributed by atoms with Crippen LogP contribution in [0.15, 0.2) is 99.6 Å². The lowest BCUT2D eigenvalue weighted by Crippen LogP contribution is -2.54. The predicted octanol–water partition coefficient (Wildman–Crippen LogP) is 10.1. The molecule has 0 radical (unpaired) electrons. The maximum atomic E-state index is 16.6. The van der Waals surface area contributed by atoms with Crippen LogP contribution in [0.2, 0.25) is 0 Å².